The lowest BCUT2D eigenvalue weighted by atomic mass is 9.90. The Balaban J connectivity index is 1.30. The van der Waals surface area contributed by atoms with Crippen molar-refractivity contribution in [2.75, 3.05) is 31.6 Å². The first-order chi connectivity index (χ1) is 17.4. The van der Waals surface area contributed by atoms with Gasteiger partial charge in [0.25, 0.3) is 5.91 Å². The lowest BCUT2D eigenvalue weighted by Gasteiger charge is -2.31. The van der Waals surface area contributed by atoms with Gasteiger partial charge >= 0.3 is 6.03 Å². The van der Waals surface area contributed by atoms with Crippen LogP contribution in [0.1, 0.15) is 37.3 Å². The number of piperidine rings is 1. The van der Waals surface area contributed by atoms with Gasteiger partial charge < -0.3 is 15.1 Å². The second-order valence-electron chi connectivity index (χ2n) is 9.93. The minimum atomic E-state index is -1.22. The minimum absolute atomic E-state index is 0.283. The van der Waals surface area contributed by atoms with Gasteiger partial charge in [-0.25, -0.2) is 4.79 Å². The summed E-state index contributed by atoms with van der Waals surface area (Å²) < 4.78 is 0. The highest BCUT2D eigenvalue weighted by atomic mass is 16.2. The summed E-state index contributed by atoms with van der Waals surface area (Å²) in [4.78, 5) is 44.4. The molecule has 2 fully saturated rings. The Morgan fingerprint density at radius 1 is 0.944 bits per heavy atom. The summed E-state index contributed by atoms with van der Waals surface area (Å²) in [5.74, 6) is -0.701. The number of imide groups is 1. The van der Waals surface area contributed by atoms with Crippen LogP contribution in [0.5, 0.6) is 0 Å². The van der Waals surface area contributed by atoms with Gasteiger partial charge in [0.1, 0.15) is 12.1 Å². The summed E-state index contributed by atoms with van der Waals surface area (Å²) in [6.45, 7) is 3.85. The average Bonchev–Trinajstić information content (AvgIpc) is 3.12. The van der Waals surface area contributed by atoms with E-state index in [0.717, 1.165) is 40.0 Å². The predicted octanol–water partition coefficient (Wildman–Crippen LogP) is 4.26. The van der Waals surface area contributed by atoms with Gasteiger partial charge in [-0.1, -0.05) is 54.6 Å². The molecule has 0 bridgehead atoms. The van der Waals surface area contributed by atoms with Crippen LogP contribution in [0.2, 0.25) is 0 Å². The molecule has 0 unspecified atom stereocenters. The van der Waals surface area contributed by atoms with Crippen LogP contribution >= 0.6 is 0 Å². The molecule has 1 atom stereocenters. The first kappa shape index (κ1) is 23.9. The van der Waals surface area contributed by atoms with E-state index in [-0.39, 0.29) is 12.5 Å². The quantitative estimate of drug-likeness (QED) is 0.531. The Bertz CT molecular complexity index is 1320. The van der Waals surface area contributed by atoms with E-state index in [2.05, 4.69) is 16.3 Å². The molecule has 0 spiro atoms. The van der Waals surface area contributed by atoms with Gasteiger partial charge in [-0.2, -0.15) is 0 Å². The molecule has 0 aliphatic carbocycles. The van der Waals surface area contributed by atoms with Crippen molar-refractivity contribution in [2.24, 2.45) is 0 Å². The number of carbonyl (C=O) groups is 3. The molecule has 1 N–H and O–H groups in total. The van der Waals surface area contributed by atoms with Crippen LogP contribution in [0.25, 0.3) is 10.8 Å². The molecule has 5 rings (SSSR count). The van der Waals surface area contributed by atoms with Crippen LogP contribution in [-0.4, -0.2) is 54.3 Å². The molecule has 0 radical (unpaired) electrons. The molecule has 36 heavy (non-hydrogen) atoms. The number of rotatable bonds is 6. The fourth-order valence-corrected chi connectivity index (χ4v) is 5.22. The maximum Gasteiger partial charge on any atom is 0.325 e. The predicted molar refractivity (Wildman–Crippen MR) is 141 cm³/mol. The molecule has 2 saturated heterocycles. The third kappa shape index (κ3) is 4.41. The minimum Gasteiger partial charge on any atom is -0.371 e. The number of benzene rings is 3. The number of para-hydroxylation sites is 1. The second kappa shape index (κ2) is 9.64. The van der Waals surface area contributed by atoms with Crippen LogP contribution < -0.4 is 10.2 Å². The molecule has 186 valence electrons. The van der Waals surface area contributed by atoms with Crippen molar-refractivity contribution in [1.29, 1.82) is 0 Å². The van der Waals surface area contributed by atoms with E-state index in [9.17, 15) is 14.4 Å². The molecule has 7 nitrogen and oxygen atoms in total. The lowest BCUT2D eigenvalue weighted by molar-refractivity contribution is -0.138. The second-order valence-corrected chi connectivity index (χ2v) is 9.93. The summed E-state index contributed by atoms with van der Waals surface area (Å²) >= 11 is 0. The number of fused-ring (bicyclic) bond motifs is 1. The van der Waals surface area contributed by atoms with Gasteiger partial charge in [0, 0.05) is 32.4 Å². The molecule has 3 aromatic rings. The Hall–Kier alpha value is -3.87. The zero-order valence-corrected chi connectivity index (χ0v) is 20.9. The van der Waals surface area contributed by atoms with Gasteiger partial charge in [-0.05, 0) is 60.2 Å². The van der Waals surface area contributed by atoms with Gasteiger partial charge in [0.05, 0.1) is 0 Å². The largest absolute Gasteiger partial charge is 0.371 e. The van der Waals surface area contributed by atoms with Crippen molar-refractivity contribution in [3.05, 3.63) is 77.9 Å². The highest BCUT2D eigenvalue weighted by molar-refractivity contribution is 6.09. The number of hydrogen-bond donors (Lipinski definition) is 1. The zero-order valence-electron chi connectivity index (χ0n) is 20.9. The summed E-state index contributed by atoms with van der Waals surface area (Å²) in [6, 6.07) is 21.2. The van der Waals surface area contributed by atoms with E-state index >= 15 is 0 Å². The molecular weight excluding hydrogens is 452 g/mol. The van der Waals surface area contributed by atoms with E-state index < -0.39 is 17.5 Å². The van der Waals surface area contributed by atoms with E-state index in [4.69, 9.17) is 0 Å². The standard InChI is InChI=1S/C29H32N4O3/c1-29(24-15-14-21-10-4-5-11-22(21)18-24)27(35)33(28(36)30-29)20-26(34)31(2)19-23-12-6-7-13-25(23)32-16-8-3-9-17-32/h4-7,10-15,18H,3,8-9,16-17,19-20H2,1-2H3,(H,30,36)/t29-/m1/s1. The van der Waals surface area contributed by atoms with Crippen molar-refractivity contribution < 1.29 is 14.4 Å². The lowest BCUT2D eigenvalue weighted by Crippen LogP contribution is -2.43. The fourth-order valence-electron chi connectivity index (χ4n) is 5.22. The van der Waals surface area contributed by atoms with Crippen molar-refractivity contribution in [1.82, 2.24) is 15.1 Å². The number of hydrogen-bond acceptors (Lipinski definition) is 4. The van der Waals surface area contributed by atoms with Crippen molar-refractivity contribution in [3.8, 4) is 0 Å². The molecule has 4 amide bonds. The molecule has 3 aromatic carbocycles. The average molecular weight is 485 g/mol. The van der Waals surface area contributed by atoms with E-state index in [0.29, 0.717) is 12.1 Å². The maximum atomic E-state index is 13.4. The van der Waals surface area contributed by atoms with E-state index in [1.54, 1.807) is 18.9 Å². The third-order valence-electron chi connectivity index (χ3n) is 7.42. The van der Waals surface area contributed by atoms with Gasteiger partial charge in [0.2, 0.25) is 5.91 Å². The van der Waals surface area contributed by atoms with Gasteiger partial charge in [-0.15, -0.1) is 0 Å². The highest BCUT2D eigenvalue weighted by Crippen LogP contribution is 2.31. The number of nitrogens with one attached hydrogen (secondary N) is 1. The van der Waals surface area contributed by atoms with Crippen molar-refractivity contribution in [2.45, 2.75) is 38.3 Å². The summed E-state index contributed by atoms with van der Waals surface area (Å²) in [5, 5.41) is 4.86. The van der Waals surface area contributed by atoms with Gasteiger partial charge in [0.15, 0.2) is 0 Å². The van der Waals surface area contributed by atoms with Gasteiger partial charge in [-0.3, -0.25) is 14.5 Å². The van der Waals surface area contributed by atoms with Crippen LogP contribution in [0.15, 0.2) is 66.7 Å². The first-order valence-corrected chi connectivity index (χ1v) is 12.6. The Morgan fingerprint density at radius 2 is 1.64 bits per heavy atom. The summed E-state index contributed by atoms with van der Waals surface area (Å²) in [5.41, 5.74) is 1.68. The molecule has 2 aliphatic rings. The normalized spacial score (nSPS) is 20.1. The Morgan fingerprint density at radius 3 is 2.42 bits per heavy atom. The number of nitrogens with zero attached hydrogens (tertiary/aromatic N) is 3. The number of amides is 4. The van der Waals surface area contributed by atoms with E-state index in [1.165, 1.54) is 19.3 Å². The fraction of sp³-hybridized carbons (Fsp3) is 0.345. The molecule has 0 saturated carbocycles. The third-order valence-corrected chi connectivity index (χ3v) is 7.42. The van der Waals surface area contributed by atoms with Crippen molar-refractivity contribution in [3.63, 3.8) is 0 Å². The SMILES string of the molecule is CN(Cc1ccccc1N1CCCCC1)C(=O)CN1C(=O)N[C@](C)(c2ccc3ccccc3c2)C1=O. The summed E-state index contributed by atoms with van der Waals surface area (Å²) in [6.07, 6.45) is 3.59. The Labute approximate surface area is 211 Å². The van der Waals surface area contributed by atoms with Crippen LogP contribution in [0.4, 0.5) is 10.5 Å². The maximum absolute atomic E-state index is 13.4. The number of urea groups is 1. The smallest absolute Gasteiger partial charge is 0.325 e. The molecule has 7 heteroatoms. The first-order valence-electron chi connectivity index (χ1n) is 12.6. The summed E-state index contributed by atoms with van der Waals surface area (Å²) in [7, 11) is 1.72. The molecule has 2 heterocycles. The topological polar surface area (TPSA) is 73.0 Å². The monoisotopic (exact) mass is 484 g/mol. The van der Waals surface area contributed by atoms with Crippen LogP contribution in [0.3, 0.4) is 0 Å². The zero-order chi connectivity index (χ0) is 25.3. The number of carbonyl (C=O) groups excluding carboxylic acids is 3. The molecular formula is C29H32N4O3. The van der Waals surface area contributed by atoms with Crippen molar-refractivity contribution >= 4 is 34.3 Å². The molecule has 2 aliphatic heterocycles. The number of anilines is 1. The van der Waals surface area contributed by atoms with E-state index in [1.807, 2.05) is 60.7 Å². The molecule has 0 aromatic heterocycles. The highest BCUT2D eigenvalue weighted by Gasteiger charge is 2.49. The Kier molecular flexibility index (Phi) is 6.39. The number of likely N-dealkylation sites (N-methyl/N-ethyl adjacent to an activating group) is 1. The van der Waals surface area contributed by atoms with Crippen LogP contribution in [0, 0.1) is 0 Å². The van der Waals surface area contributed by atoms with Crippen LogP contribution in [-0.2, 0) is 21.7 Å².